The number of carbonyl (C=O) groups is 1. The molecule has 0 saturated heterocycles. The normalized spacial score (nSPS) is 26.3. The van der Waals surface area contributed by atoms with Gasteiger partial charge in [0.25, 0.3) is 0 Å². The highest BCUT2D eigenvalue weighted by Gasteiger charge is 2.36. The number of rotatable bonds is 6. The van der Waals surface area contributed by atoms with Crippen molar-refractivity contribution in [1.82, 2.24) is 29.9 Å². The molecule has 0 spiro atoms. The van der Waals surface area contributed by atoms with Crippen LogP contribution < -0.4 is 11.1 Å². The summed E-state index contributed by atoms with van der Waals surface area (Å²) in [4.78, 5) is 16.9. The molecule has 3 aliphatic rings. The van der Waals surface area contributed by atoms with E-state index in [2.05, 4.69) is 32.0 Å². The van der Waals surface area contributed by atoms with Gasteiger partial charge in [-0.15, -0.1) is 0 Å². The van der Waals surface area contributed by atoms with Crippen LogP contribution >= 0.6 is 0 Å². The lowest BCUT2D eigenvalue weighted by molar-refractivity contribution is 0.0454. The lowest BCUT2D eigenvalue weighted by Gasteiger charge is -2.36. The van der Waals surface area contributed by atoms with Gasteiger partial charge in [-0.2, -0.15) is 10.2 Å². The molecule has 0 radical (unpaired) electrons. The van der Waals surface area contributed by atoms with Crippen LogP contribution in [0.15, 0.2) is 24.7 Å². The molecule has 3 N–H and O–H groups in total. The van der Waals surface area contributed by atoms with Crippen molar-refractivity contribution in [3.63, 3.8) is 0 Å². The molecule has 3 aromatic rings. The summed E-state index contributed by atoms with van der Waals surface area (Å²) in [6.45, 7) is 6.38. The number of pyridine rings is 1. The van der Waals surface area contributed by atoms with Crippen LogP contribution in [0.5, 0.6) is 0 Å². The van der Waals surface area contributed by atoms with E-state index < -0.39 is 5.60 Å². The molecule has 3 heterocycles. The van der Waals surface area contributed by atoms with E-state index >= 15 is 0 Å². The van der Waals surface area contributed by atoms with Crippen LogP contribution in [-0.4, -0.2) is 48.8 Å². The zero-order valence-electron chi connectivity index (χ0n) is 20.8. The average molecular weight is 478 g/mol. The van der Waals surface area contributed by atoms with E-state index in [1.165, 1.54) is 18.5 Å². The van der Waals surface area contributed by atoms with Crippen LogP contribution in [0.25, 0.3) is 22.2 Å². The molecule has 6 rings (SSSR count). The van der Waals surface area contributed by atoms with Crippen LogP contribution in [-0.2, 0) is 4.74 Å². The average Bonchev–Trinajstić information content (AvgIpc) is 3.36. The third kappa shape index (κ3) is 4.42. The zero-order chi connectivity index (χ0) is 24.3. The van der Waals surface area contributed by atoms with Gasteiger partial charge in [-0.05, 0) is 77.8 Å². The summed E-state index contributed by atoms with van der Waals surface area (Å²) >= 11 is 0. The number of amides is 1. The van der Waals surface area contributed by atoms with Crippen LogP contribution in [0.1, 0.15) is 83.0 Å². The maximum absolute atomic E-state index is 12.1. The number of nitrogens with one attached hydrogen (secondary N) is 1. The predicted octanol–water partition coefficient (Wildman–Crippen LogP) is 4.31. The Labute approximate surface area is 205 Å². The van der Waals surface area contributed by atoms with E-state index in [9.17, 15) is 4.79 Å². The number of nitrogens with zero attached hydrogens (tertiary/aromatic N) is 5. The maximum Gasteiger partial charge on any atom is 0.407 e. The minimum Gasteiger partial charge on any atom is -0.444 e. The van der Waals surface area contributed by atoms with Crippen LogP contribution in [0.2, 0.25) is 0 Å². The van der Waals surface area contributed by atoms with Crippen molar-refractivity contribution in [3.05, 3.63) is 30.4 Å². The topological polar surface area (TPSA) is 113 Å². The van der Waals surface area contributed by atoms with E-state index in [4.69, 9.17) is 20.6 Å². The van der Waals surface area contributed by atoms with Crippen molar-refractivity contribution in [1.29, 1.82) is 0 Å². The highest BCUT2D eigenvalue weighted by Crippen LogP contribution is 2.45. The highest BCUT2D eigenvalue weighted by molar-refractivity contribution is 5.82. The Morgan fingerprint density at radius 1 is 1.17 bits per heavy atom. The first-order valence-electron chi connectivity index (χ1n) is 12.9. The van der Waals surface area contributed by atoms with E-state index in [1.807, 2.05) is 33.2 Å². The zero-order valence-corrected chi connectivity index (χ0v) is 20.8. The third-order valence-corrected chi connectivity index (χ3v) is 7.58. The minimum atomic E-state index is -0.493. The van der Waals surface area contributed by atoms with Gasteiger partial charge in [0.05, 0.1) is 35.2 Å². The minimum absolute atomic E-state index is 0.106. The molecule has 0 atom stereocenters. The van der Waals surface area contributed by atoms with E-state index in [1.54, 1.807) is 0 Å². The SMILES string of the molecule is CC(C)(C)OC(=O)NC1CC(n2ncc3cnc(-c4cn(C5CC(CN)C5)nc4C4CC4)cc32)C1. The molecule has 3 fully saturated rings. The van der Waals surface area contributed by atoms with Crippen LogP contribution in [0, 0.1) is 5.92 Å². The fourth-order valence-corrected chi connectivity index (χ4v) is 5.31. The van der Waals surface area contributed by atoms with Crippen LogP contribution in [0.3, 0.4) is 0 Å². The van der Waals surface area contributed by atoms with Gasteiger partial charge < -0.3 is 15.8 Å². The number of hydrogen-bond acceptors (Lipinski definition) is 6. The summed E-state index contributed by atoms with van der Waals surface area (Å²) < 4.78 is 9.64. The Hall–Kier alpha value is -2.94. The summed E-state index contributed by atoms with van der Waals surface area (Å²) in [5.74, 6) is 1.17. The van der Waals surface area contributed by atoms with E-state index in [0.717, 1.165) is 54.4 Å². The molecule has 0 bridgehead atoms. The molecule has 35 heavy (non-hydrogen) atoms. The van der Waals surface area contributed by atoms with Crippen molar-refractivity contribution in [2.75, 3.05) is 6.54 Å². The van der Waals surface area contributed by atoms with Gasteiger partial charge in [-0.3, -0.25) is 14.3 Å². The predicted molar refractivity (Wildman–Crippen MR) is 133 cm³/mol. The van der Waals surface area contributed by atoms with Gasteiger partial charge in [-0.25, -0.2) is 4.79 Å². The molecule has 0 unspecified atom stereocenters. The number of fused-ring (bicyclic) bond motifs is 1. The van der Waals surface area contributed by atoms with Gasteiger partial charge in [-0.1, -0.05) is 0 Å². The molecule has 3 aromatic heterocycles. The number of carbonyl (C=O) groups excluding carboxylic acids is 1. The van der Waals surface area contributed by atoms with Crippen molar-refractivity contribution in [3.8, 4) is 11.3 Å². The third-order valence-electron chi connectivity index (χ3n) is 7.58. The summed E-state index contributed by atoms with van der Waals surface area (Å²) in [6.07, 6.45) is 11.9. The number of aromatic nitrogens is 5. The fraction of sp³-hybridized carbons (Fsp3) is 0.615. The summed E-state index contributed by atoms with van der Waals surface area (Å²) in [5, 5.41) is 13.7. The fourth-order valence-electron chi connectivity index (χ4n) is 5.31. The molecule has 186 valence electrons. The Morgan fingerprint density at radius 3 is 2.63 bits per heavy atom. The Bertz CT molecular complexity index is 1240. The first-order chi connectivity index (χ1) is 16.8. The largest absolute Gasteiger partial charge is 0.444 e. The van der Waals surface area contributed by atoms with Crippen molar-refractivity contribution >= 4 is 17.0 Å². The monoisotopic (exact) mass is 477 g/mol. The molecular formula is C26H35N7O2. The molecule has 9 nitrogen and oxygen atoms in total. The Kier molecular flexibility index (Phi) is 5.36. The number of nitrogens with two attached hydrogens (primary N) is 1. The lowest BCUT2D eigenvalue weighted by Crippen LogP contribution is -2.46. The Balaban J connectivity index is 1.20. The molecular weight excluding hydrogens is 442 g/mol. The van der Waals surface area contributed by atoms with Gasteiger partial charge in [0.15, 0.2) is 0 Å². The molecule has 3 saturated carbocycles. The van der Waals surface area contributed by atoms with Crippen molar-refractivity contribution in [2.24, 2.45) is 11.7 Å². The summed E-state index contributed by atoms with van der Waals surface area (Å²) in [7, 11) is 0. The van der Waals surface area contributed by atoms with E-state index in [-0.39, 0.29) is 18.2 Å². The quantitative estimate of drug-likeness (QED) is 0.547. The standard InChI is InChI=1S/C26H35N7O2/c1-26(2,3)35-25(34)30-18-8-20(9-18)33-23-10-22(28-12-17(23)13-29-33)21-14-32(19-6-15(7-19)11-27)31-24(21)16-4-5-16/h10,12-16,18-20H,4-9,11,27H2,1-3H3,(H,30,34). The molecule has 0 aliphatic heterocycles. The number of alkyl carbamates (subject to hydrolysis) is 1. The van der Waals surface area contributed by atoms with Gasteiger partial charge in [0, 0.05) is 35.3 Å². The number of ether oxygens (including phenoxy) is 1. The highest BCUT2D eigenvalue weighted by atomic mass is 16.6. The summed E-state index contributed by atoms with van der Waals surface area (Å²) in [6, 6.07) is 2.97. The smallest absolute Gasteiger partial charge is 0.407 e. The molecule has 3 aliphatic carbocycles. The lowest BCUT2D eigenvalue weighted by atomic mass is 9.80. The maximum atomic E-state index is 12.1. The Morgan fingerprint density at radius 2 is 1.94 bits per heavy atom. The number of hydrogen-bond donors (Lipinski definition) is 2. The van der Waals surface area contributed by atoms with E-state index in [0.29, 0.717) is 17.9 Å². The van der Waals surface area contributed by atoms with Gasteiger partial charge in [0.1, 0.15) is 5.60 Å². The summed E-state index contributed by atoms with van der Waals surface area (Å²) in [5.41, 5.74) is 9.72. The van der Waals surface area contributed by atoms with Gasteiger partial charge >= 0.3 is 6.09 Å². The second kappa shape index (κ2) is 8.33. The van der Waals surface area contributed by atoms with Gasteiger partial charge in [0.2, 0.25) is 0 Å². The van der Waals surface area contributed by atoms with Crippen molar-refractivity contribution < 1.29 is 9.53 Å². The first-order valence-corrected chi connectivity index (χ1v) is 12.9. The molecule has 9 heteroatoms. The second-order valence-corrected chi connectivity index (χ2v) is 11.6. The molecule has 0 aromatic carbocycles. The molecule has 1 amide bonds. The van der Waals surface area contributed by atoms with Crippen LogP contribution in [0.4, 0.5) is 4.79 Å². The second-order valence-electron chi connectivity index (χ2n) is 11.6. The first kappa shape index (κ1) is 22.5. The van der Waals surface area contributed by atoms with Crippen molar-refractivity contribution in [2.45, 2.75) is 88.9 Å².